The van der Waals surface area contributed by atoms with Crippen LogP contribution in [0.2, 0.25) is 0 Å². The first-order valence-corrected chi connectivity index (χ1v) is 20.3. The second-order valence-corrected chi connectivity index (χ2v) is 15.9. The molecule has 0 saturated carbocycles. The van der Waals surface area contributed by atoms with Gasteiger partial charge in [0.15, 0.2) is 0 Å². The SMILES string of the molecule is c1ccc(-c2ccc3c(c2)c2cc(-c4ccc5c(c4)c4ccccc4n5-c4cccc5c4sc4ccccc45)ccc2n3-c2ccccc2-c2ccccc2)cc1. The average molecular weight is 743 g/mol. The normalized spacial score (nSPS) is 11.9. The van der Waals surface area contributed by atoms with Crippen LogP contribution < -0.4 is 0 Å². The molecule has 12 rings (SSSR count). The largest absolute Gasteiger partial charge is 0.309 e. The Morgan fingerprint density at radius 2 is 0.754 bits per heavy atom. The molecule has 0 unspecified atom stereocenters. The smallest absolute Gasteiger partial charge is 0.0640 e. The van der Waals surface area contributed by atoms with Crippen molar-refractivity contribution in [2.45, 2.75) is 0 Å². The van der Waals surface area contributed by atoms with Gasteiger partial charge in [-0.25, -0.2) is 0 Å². The van der Waals surface area contributed by atoms with Crippen molar-refractivity contribution in [1.82, 2.24) is 9.13 Å². The van der Waals surface area contributed by atoms with Crippen LogP contribution in [0.5, 0.6) is 0 Å². The minimum Gasteiger partial charge on any atom is -0.309 e. The van der Waals surface area contributed by atoms with Crippen molar-refractivity contribution < 1.29 is 0 Å². The van der Waals surface area contributed by atoms with Gasteiger partial charge < -0.3 is 9.13 Å². The van der Waals surface area contributed by atoms with Crippen LogP contribution in [0.3, 0.4) is 0 Å². The molecular formula is C54H34N2S. The highest BCUT2D eigenvalue weighted by Gasteiger charge is 2.20. The van der Waals surface area contributed by atoms with Gasteiger partial charge in [-0.15, -0.1) is 11.3 Å². The van der Waals surface area contributed by atoms with Gasteiger partial charge in [0, 0.05) is 42.6 Å². The first-order valence-electron chi connectivity index (χ1n) is 19.5. The molecule has 0 radical (unpaired) electrons. The number of nitrogens with zero attached hydrogens (tertiary/aromatic N) is 2. The summed E-state index contributed by atoms with van der Waals surface area (Å²) in [6, 6.07) is 75.6. The van der Waals surface area contributed by atoms with Crippen molar-refractivity contribution in [3.63, 3.8) is 0 Å². The molecule has 57 heavy (non-hydrogen) atoms. The Hall–Kier alpha value is -7.20. The van der Waals surface area contributed by atoms with E-state index < -0.39 is 0 Å². The lowest BCUT2D eigenvalue weighted by Gasteiger charge is -2.14. The molecule has 0 fully saturated rings. The summed E-state index contributed by atoms with van der Waals surface area (Å²) in [4.78, 5) is 0. The predicted octanol–water partition coefficient (Wildman–Crippen LogP) is 15.2. The molecular weight excluding hydrogens is 709 g/mol. The van der Waals surface area contributed by atoms with Crippen LogP contribution >= 0.6 is 11.3 Å². The molecule has 0 atom stereocenters. The molecule has 12 aromatic rings. The lowest BCUT2D eigenvalue weighted by Crippen LogP contribution is -1.97. The van der Waals surface area contributed by atoms with Crippen molar-refractivity contribution in [2.75, 3.05) is 0 Å². The zero-order valence-corrected chi connectivity index (χ0v) is 31.7. The highest BCUT2D eigenvalue weighted by Crippen LogP contribution is 2.43. The van der Waals surface area contributed by atoms with E-state index >= 15 is 0 Å². The van der Waals surface area contributed by atoms with Gasteiger partial charge in [0.25, 0.3) is 0 Å². The number of benzene rings is 9. The van der Waals surface area contributed by atoms with Crippen LogP contribution in [0.25, 0.3) is 109 Å². The molecule has 0 N–H and O–H groups in total. The van der Waals surface area contributed by atoms with Crippen LogP contribution in [-0.2, 0) is 0 Å². The summed E-state index contributed by atoms with van der Waals surface area (Å²) < 4.78 is 7.56. The van der Waals surface area contributed by atoms with Crippen LogP contribution in [-0.4, -0.2) is 9.13 Å². The summed E-state index contributed by atoms with van der Waals surface area (Å²) in [7, 11) is 0. The third-order valence-electron chi connectivity index (χ3n) is 11.7. The maximum Gasteiger partial charge on any atom is 0.0640 e. The van der Waals surface area contributed by atoms with Crippen LogP contribution in [0, 0.1) is 0 Å². The van der Waals surface area contributed by atoms with Crippen LogP contribution in [0.15, 0.2) is 206 Å². The number of fused-ring (bicyclic) bond motifs is 9. The molecule has 3 heteroatoms. The molecule has 2 nitrogen and oxygen atoms in total. The van der Waals surface area contributed by atoms with E-state index in [1.54, 1.807) is 0 Å². The lowest BCUT2D eigenvalue weighted by molar-refractivity contribution is 1.18. The minimum atomic E-state index is 1.17. The van der Waals surface area contributed by atoms with Crippen molar-refractivity contribution in [3.05, 3.63) is 206 Å². The topological polar surface area (TPSA) is 9.86 Å². The van der Waals surface area contributed by atoms with Crippen molar-refractivity contribution in [2.24, 2.45) is 0 Å². The minimum absolute atomic E-state index is 1.17. The van der Waals surface area contributed by atoms with Crippen LogP contribution in [0.4, 0.5) is 0 Å². The molecule has 0 aliphatic heterocycles. The van der Waals surface area contributed by atoms with E-state index in [9.17, 15) is 0 Å². The van der Waals surface area contributed by atoms with Crippen molar-refractivity contribution in [1.29, 1.82) is 0 Å². The van der Waals surface area contributed by atoms with Gasteiger partial charge in [-0.1, -0.05) is 146 Å². The monoisotopic (exact) mass is 742 g/mol. The molecule has 266 valence electrons. The second kappa shape index (κ2) is 12.7. The standard InChI is InChI=1S/C54H34N2S/c1-3-14-35(15-4-1)37-26-29-50-45(32-37)46-34-39(28-31-51(46)55(50)47-22-10-7-18-40(47)36-16-5-2-6-17-36)38-27-30-49-44(33-38)41-19-8-11-23-48(41)56(49)52-24-13-21-43-42-20-9-12-25-53(42)57-54(43)52/h1-34H. The van der Waals surface area contributed by atoms with E-state index in [1.165, 1.54) is 109 Å². The first-order chi connectivity index (χ1) is 28.3. The number of thiophene rings is 1. The molecule has 0 spiro atoms. The summed E-state index contributed by atoms with van der Waals surface area (Å²) in [6.07, 6.45) is 0. The Kier molecular flexibility index (Phi) is 7.13. The summed E-state index contributed by atoms with van der Waals surface area (Å²) in [5.41, 5.74) is 14.5. The summed E-state index contributed by atoms with van der Waals surface area (Å²) in [6.45, 7) is 0. The summed E-state index contributed by atoms with van der Waals surface area (Å²) >= 11 is 1.88. The molecule has 0 aliphatic rings. The van der Waals surface area contributed by atoms with Gasteiger partial charge in [0.1, 0.15) is 0 Å². The number of aromatic nitrogens is 2. The highest BCUT2D eigenvalue weighted by molar-refractivity contribution is 7.26. The van der Waals surface area contributed by atoms with Crippen molar-refractivity contribution >= 4 is 75.1 Å². The van der Waals surface area contributed by atoms with E-state index in [4.69, 9.17) is 0 Å². The van der Waals surface area contributed by atoms with E-state index in [-0.39, 0.29) is 0 Å². The van der Waals surface area contributed by atoms with Gasteiger partial charge >= 0.3 is 0 Å². The fourth-order valence-electron chi connectivity index (χ4n) is 9.12. The third-order valence-corrected chi connectivity index (χ3v) is 12.9. The molecule has 0 aliphatic carbocycles. The number of hydrogen-bond donors (Lipinski definition) is 0. The second-order valence-electron chi connectivity index (χ2n) is 14.9. The predicted molar refractivity (Wildman–Crippen MR) is 244 cm³/mol. The van der Waals surface area contributed by atoms with Gasteiger partial charge in [-0.05, 0) is 88.5 Å². The average Bonchev–Trinajstić information content (AvgIpc) is 3.94. The maximum absolute atomic E-state index is 2.47. The fourth-order valence-corrected chi connectivity index (χ4v) is 10.3. The van der Waals surface area contributed by atoms with Gasteiger partial charge in [-0.3, -0.25) is 0 Å². The highest BCUT2D eigenvalue weighted by atomic mass is 32.1. The Bertz CT molecular complexity index is 3510. The molecule has 3 heterocycles. The van der Waals surface area contributed by atoms with Gasteiger partial charge in [0.05, 0.1) is 38.1 Å². The zero-order valence-electron chi connectivity index (χ0n) is 30.9. The number of rotatable bonds is 5. The van der Waals surface area contributed by atoms with E-state index in [0.717, 1.165) is 0 Å². The lowest BCUT2D eigenvalue weighted by atomic mass is 9.99. The van der Waals surface area contributed by atoms with E-state index in [1.807, 2.05) is 11.3 Å². The fraction of sp³-hybridized carbons (Fsp3) is 0. The van der Waals surface area contributed by atoms with E-state index in [2.05, 4.69) is 215 Å². The van der Waals surface area contributed by atoms with Crippen molar-refractivity contribution in [3.8, 4) is 44.8 Å². The Labute approximate surface area is 333 Å². The first kappa shape index (κ1) is 32.1. The maximum atomic E-state index is 2.47. The Morgan fingerprint density at radius 3 is 1.46 bits per heavy atom. The van der Waals surface area contributed by atoms with Gasteiger partial charge in [-0.2, -0.15) is 0 Å². The van der Waals surface area contributed by atoms with Crippen LogP contribution in [0.1, 0.15) is 0 Å². The molecule has 3 aromatic heterocycles. The quantitative estimate of drug-likeness (QED) is 0.166. The molecule has 0 saturated heterocycles. The molecule has 0 bridgehead atoms. The number of hydrogen-bond acceptors (Lipinski definition) is 1. The zero-order chi connectivity index (χ0) is 37.5. The third kappa shape index (κ3) is 4.96. The molecule has 9 aromatic carbocycles. The van der Waals surface area contributed by atoms with Gasteiger partial charge in [0.2, 0.25) is 0 Å². The summed E-state index contributed by atoms with van der Waals surface area (Å²) in [5.74, 6) is 0. The molecule has 0 amide bonds. The Balaban J connectivity index is 1.08. The van der Waals surface area contributed by atoms with E-state index in [0.29, 0.717) is 0 Å². The number of para-hydroxylation sites is 2. The Morgan fingerprint density at radius 1 is 0.281 bits per heavy atom. The summed E-state index contributed by atoms with van der Waals surface area (Å²) in [5, 5.41) is 7.62.